The molecule has 0 aliphatic rings. The smallest absolute Gasteiger partial charge is 0.299 e. The van der Waals surface area contributed by atoms with Gasteiger partial charge in [-0.3, -0.25) is 20.2 Å². The molecule has 29 heavy (non-hydrogen) atoms. The lowest BCUT2D eigenvalue weighted by Crippen LogP contribution is -2.05. The summed E-state index contributed by atoms with van der Waals surface area (Å²) in [7, 11) is 0. The summed E-state index contributed by atoms with van der Waals surface area (Å²) < 4.78 is 26.6. The van der Waals surface area contributed by atoms with Crippen LogP contribution in [-0.2, 0) is 0 Å². The van der Waals surface area contributed by atoms with Gasteiger partial charge >= 0.3 is 0 Å². The number of nitro groups is 2. The Bertz CT molecular complexity index is 938. The van der Waals surface area contributed by atoms with E-state index in [1.54, 1.807) is 0 Å². The Hall–Kier alpha value is -2.67. The molecule has 0 amide bonds. The molecule has 0 heterocycles. The van der Waals surface area contributed by atoms with Crippen molar-refractivity contribution in [3.8, 4) is 0 Å². The van der Waals surface area contributed by atoms with Crippen LogP contribution in [0, 0.1) is 31.9 Å². The van der Waals surface area contributed by atoms with Crippen molar-refractivity contribution in [2.24, 2.45) is 10.7 Å². The second-order valence-electron chi connectivity index (χ2n) is 4.84. The molecule has 160 valence electrons. The maximum atomic E-state index is 13.3. The molecule has 0 atom stereocenters. The molecular weight excluding hydrogens is 524 g/mol. The van der Waals surface area contributed by atoms with Gasteiger partial charge in [-0.2, -0.15) is 0 Å². The fourth-order valence-electron chi connectivity index (χ4n) is 1.70. The molecule has 0 aliphatic heterocycles. The first-order chi connectivity index (χ1) is 12.4. The van der Waals surface area contributed by atoms with Gasteiger partial charge in [0.2, 0.25) is 0 Å². The highest BCUT2D eigenvalue weighted by Gasteiger charge is 2.19. The summed E-state index contributed by atoms with van der Waals surface area (Å²) in [4.78, 5) is 23.0. The van der Waals surface area contributed by atoms with Crippen LogP contribution in [0.1, 0.15) is 21.8 Å². The van der Waals surface area contributed by atoms with Crippen molar-refractivity contribution in [2.75, 3.05) is 5.73 Å². The molecule has 2 aromatic carbocycles. The SMILES string of the molecule is C.C.CC(N)=Nc1c(F)cc(Br)cc1[N+](=O)[O-].Nc1c(F)cc(Br)cc1[N+](=O)[O-]. The number of nitrogen functional groups attached to an aromatic ring is 1. The molecule has 0 fully saturated rings. The zero-order valence-electron chi connectivity index (χ0n) is 13.5. The van der Waals surface area contributed by atoms with E-state index in [4.69, 9.17) is 11.5 Å². The van der Waals surface area contributed by atoms with E-state index in [1.807, 2.05) is 0 Å². The number of rotatable bonds is 3. The number of nitro benzene ring substituents is 2. The minimum atomic E-state index is -0.795. The first-order valence-corrected chi connectivity index (χ1v) is 8.35. The fourth-order valence-corrected chi connectivity index (χ4v) is 2.54. The third-order valence-electron chi connectivity index (χ3n) is 2.76. The Morgan fingerprint density at radius 2 is 1.38 bits per heavy atom. The molecule has 0 aliphatic carbocycles. The molecule has 0 saturated heterocycles. The zero-order chi connectivity index (χ0) is 20.9. The number of amidine groups is 1. The number of hydrogen-bond donors (Lipinski definition) is 2. The molecular formula is C16H19Br2F2N5O4. The molecule has 0 unspecified atom stereocenters. The van der Waals surface area contributed by atoms with E-state index in [9.17, 15) is 29.0 Å². The van der Waals surface area contributed by atoms with Crippen LogP contribution in [0.25, 0.3) is 0 Å². The van der Waals surface area contributed by atoms with Crippen molar-refractivity contribution in [1.29, 1.82) is 0 Å². The van der Waals surface area contributed by atoms with E-state index >= 15 is 0 Å². The lowest BCUT2D eigenvalue weighted by atomic mass is 10.2. The van der Waals surface area contributed by atoms with E-state index in [-0.39, 0.29) is 30.8 Å². The van der Waals surface area contributed by atoms with E-state index < -0.39 is 38.5 Å². The summed E-state index contributed by atoms with van der Waals surface area (Å²) >= 11 is 5.87. The summed E-state index contributed by atoms with van der Waals surface area (Å²) in [5.41, 5.74) is 8.71. The Labute approximate surface area is 182 Å². The monoisotopic (exact) mass is 541 g/mol. The first kappa shape index (κ1) is 28.5. The Kier molecular flexibility index (Phi) is 11.8. The standard InChI is InChI=1S/C8H7BrFN3O2.C6H4BrFN2O2.2CH4/c1-4(11)12-8-6(10)2-5(9)3-7(8)13(14)15;7-3-1-4(8)6(9)5(2-3)10(11)12;;/h2-3H,1H3,(H2,11,12);1-2H,9H2;2*1H4. The number of nitrogens with zero attached hydrogens (tertiary/aromatic N) is 3. The molecule has 13 heteroatoms. The van der Waals surface area contributed by atoms with Crippen LogP contribution in [-0.4, -0.2) is 15.7 Å². The zero-order valence-corrected chi connectivity index (χ0v) is 16.6. The molecule has 9 nitrogen and oxygen atoms in total. The minimum Gasteiger partial charge on any atom is -0.391 e. The van der Waals surface area contributed by atoms with Gasteiger partial charge in [0.1, 0.15) is 5.69 Å². The number of aliphatic imine (C=N–C) groups is 1. The van der Waals surface area contributed by atoms with Crippen molar-refractivity contribution < 1.29 is 18.6 Å². The van der Waals surface area contributed by atoms with E-state index in [2.05, 4.69) is 36.9 Å². The van der Waals surface area contributed by atoms with Crippen molar-refractivity contribution in [3.05, 3.63) is 65.1 Å². The molecule has 4 N–H and O–H groups in total. The van der Waals surface area contributed by atoms with Gasteiger partial charge in [-0.05, 0) is 19.1 Å². The Morgan fingerprint density at radius 1 is 0.966 bits per heavy atom. The highest BCUT2D eigenvalue weighted by Crippen LogP contribution is 2.33. The number of nitrogens with two attached hydrogens (primary N) is 2. The van der Waals surface area contributed by atoms with Gasteiger partial charge < -0.3 is 11.5 Å². The minimum absolute atomic E-state index is 0. The second-order valence-corrected chi connectivity index (χ2v) is 6.67. The van der Waals surface area contributed by atoms with E-state index in [0.717, 1.165) is 18.2 Å². The largest absolute Gasteiger partial charge is 0.391 e. The van der Waals surface area contributed by atoms with Crippen LogP contribution < -0.4 is 11.5 Å². The predicted molar refractivity (Wildman–Crippen MR) is 116 cm³/mol. The fraction of sp³-hybridized carbons (Fsp3) is 0.188. The summed E-state index contributed by atoms with van der Waals surface area (Å²) in [6.07, 6.45) is 0. The highest BCUT2D eigenvalue weighted by molar-refractivity contribution is 9.10. The summed E-state index contributed by atoms with van der Waals surface area (Å²) in [5.74, 6) is -1.53. The second kappa shape index (κ2) is 12.0. The number of halogens is 4. The molecule has 2 rings (SSSR count). The van der Waals surface area contributed by atoms with Gasteiger partial charge in [0.25, 0.3) is 11.4 Å². The summed E-state index contributed by atoms with van der Waals surface area (Å²) in [6, 6.07) is 4.49. The summed E-state index contributed by atoms with van der Waals surface area (Å²) in [5, 5.41) is 20.9. The van der Waals surface area contributed by atoms with Crippen LogP contribution in [0.3, 0.4) is 0 Å². The van der Waals surface area contributed by atoms with Crippen LogP contribution in [0.4, 0.5) is 31.5 Å². The average molecular weight is 543 g/mol. The Morgan fingerprint density at radius 3 is 1.79 bits per heavy atom. The Balaban J connectivity index is 0. The topological polar surface area (TPSA) is 151 Å². The van der Waals surface area contributed by atoms with Gasteiger partial charge in [0.05, 0.1) is 15.7 Å². The lowest BCUT2D eigenvalue weighted by molar-refractivity contribution is -0.384. The molecule has 0 aromatic heterocycles. The maximum Gasteiger partial charge on any atom is 0.299 e. The van der Waals surface area contributed by atoms with Gasteiger partial charge in [0.15, 0.2) is 17.3 Å². The molecule has 0 saturated carbocycles. The van der Waals surface area contributed by atoms with E-state index in [0.29, 0.717) is 4.47 Å². The molecule has 0 radical (unpaired) electrons. The third-order valence-corrected chi connectivity index (χ3v) is 3.68. The number of benzene rings is 2. The number of hydrogen-bond acceptors (Lipinski definition) is 6. The van der Waals surface area contributed by atoms with Crippen LogP contribution in [0.2, 0.25) is 0 Å². The maximum absolute atomic E-state index is 13.3. The van der Waals surface area contributed by atoms with Crippen molar-refractivity contribution in [1.82, 2.24) is 0 Å². The lowest BCUT2D eigenvalue weighted by Gasteiger charge is -2.00. The molecule has 0 spiro atoms. The molecule has 2 aromatic rings. The number of anilines is 1. The molecule has 0 bridgehead atoms. The van der Waals surface area contributed by atoms with Crippen LogP contribution >= 0.6 is 31.9 Å². The normalized spacial score (nSPS) is 10.0. The predicted octanol–water partition coefficient (Wildman–Crippen LogP) is 5.86. The highest BCUT2D eigenvalue weighted by atomic mass is 79.9. The third kappa shape index (κ3) is 8.07. The quantitative estimate of drug-likeness (QED) is 0.163. The van der Waals surface area contributed by atoms with Crippen LogP contribution in [0.5, 0.6) is 0 Å². The van der Waals surface area contributed by atoms with Crippen molar-refractivity contribution in [2.45, 2.75) is 21.8 Å². The van der Waals surface area contributed by atoms with Gasteiger partial charge in [-0.15, -0.1) is 0 Å². The van der Waals surface area contributed by atoms with Gasteiger partial charge in [-0.1, -0.05) is 46.7 Å². The average Bonchev–Trinajstić information content (AvgIpc) is 2.53. The van der Waals surface area contributed by atoms with E-state index in [1.165, 1.54) is 13.0 Å². The van der Waals surface area contributed by atoms with Crippen molar-refractivity contribution in [3.63, 3.8) is 0 Å². The summed E-state index contributed by atoms with van der Waals surface area (Å²) in [6.45, 7) is 1.42. The van der Waals surface area contributed by atoms with Crippen LogP contribution in [0.15, 0.2) is 38.2 Å². The first-order valence-electron chi connectivity index (χ1n) is 6.77. The van der Waals surface area contributed by atoms with Gasteiger partial charge in [0, 0.05) is 21.1 Å². The van der Waals surface area contributed by atoms with Gasteiger partial charge in [-0.25, -0.2) is 13.8 Å². The van der Waals surface area contributed by atoms with Crippen molar-refractivity contribution >= 4 is 60.4 Å².